The molecular weight excluding hydrogens is 194 g/mol. The first-order chi connectivity index (χ1) is 7.90. The van der Waals surface area contributed by atoms with Gasteiger partial charge in [0.25, 0.3) is 0 Å². The van der Waals surface area contributed by atoms with Gasteiger partial charge in [-0.2, -0.15) is 0 Å². The van der Waals surface area contributed by atoms with E-state index in [1.165, 1.54) is 11.1 Å². The standard InChI is InChI=1S/C15H15N/c1-2-16-15-11-7-6-10-14(15)12-13-8-4-3-5-9-13/h2-11,16H,1,12H2. The van der Waals surface area contributed by atoms with E-state index >= 15 is 0 Å². The lowest BCUT2D eigenvalue weighted by Crippen LogP contribution is -1.95. The van der Waals surface area contributed by atoms with Gasteiger partial charge in [0.15, 0.2) is 0 Å². The molecule has 1 nitrogen and oxygen atoms in total. The second-order valence-electron chi connectivity index (χ2n) is 3.67. The Morgan fingerprint density at radius 2 is 1.62 bits per heavy atom. The summed E-state index contributed by atoms with van der Waals surface area (Å²) in [5.74, 6) is 0. The molecule has 0 aliphatic heterocycles. The minimum atomic E-state index is 0.942. The number of rotatable bonds is 4. The SMILES string of the molecule is C=CNc1ccccc1Cc1ccccc1. The summed E-state index contributed by atoms with van der Waals surface area (Å²) in [4.78, 5) is 0. The summed E-state index contributed by atoms with van der Waals surface area (Å²) in [5, 5.41) is 3.16. The van der Waals surface area contributed by atoms with Crippen LogP contribution in [0.4, 0.5) is 5.69 Å². The van der Waals surface area contributed by atoms with Crippen LogP contribution in [-0.4, -0.2) is 0 Å². The number of anilines is 1. The Morgan fingerprint density at radius 1 is 0.938 bits per heavy atom. The van der Waals surface area contributed by atoms with E-state index in [0.717, 1.165) is 12.1 Å². The summed E-state index contributed by atoms with van der Waals surface area (Å²) in [6.45, 7) is 3.69. The molecule has 0 aliphatic carbocycles. The summed E-state index contributed by atoms with van der Waals surface area (Å²) in [7, 11) is 0. The van der Waals surface area contributed by atoms with Crippen molar-refractivity contribution in [3.63, 3.8) is 0 Å². The van der Waals surface area contributed by atoms with Crippen molar-refractivity contribution in [1.82, 2.24) is 0 Å². The molecule has 0 saturated carbocycles. The van der Waals surface area contributed by atoms with E-state index in [1.807, 2.05) is 12.1 Å². The van der Waals surface area contributed by atoms with Crippen molar-refractivity contribution in [2.45, 2.75) is 6.42 Å². The summed E-state index contributed by atoms with van der Waals surface area (Å²) >= 11 is 0. The van der Waals surface area contributed by atoms with Gasteiger partial charge in [0.05, 0.1) is 0 Å². The zero-order valence-corrected chi connectivity index (χ0v) is 9.19. The Hall–Kier alpha value is -2.02. The molecule has 16 heavy (non-hydrogen) atoms. The maximum absolute atomic E-state index is 3.69. The summed E-state index contributed by atoms with van der Waals surface area (Å²) < 4.78 is 0. The minimum absolute atomic E-state index is 0.942. The van der Waals surface area contributed by atoms with Crippen molar-refractivity contribution in [3.05, 3.63) is 78.5 Å². The average Bonchev–Trinajstić information content (AvgIpc) is 2.33. The first kappa shape index (κ1) is 10.5. The van der Waals surface area contributed by atoms with E-state index in [-0.39, 0.29) is 0 Å². The van der Waals surface area contributed by atoms with Gasteiger partial charge in [-0.05, 0) is 29.8 Å². The molecule has 0 spiro atoms. The van der Waals surface area contributed by atoms with E-state index in [4.69, 9.17) is 0 Å². The lowest BCUT2D eigenvalue weighted by atomic mass is 10.0. The molecule has 0 aliphatic rings. The first-order valence-corrected chi connectivity index (χ1v) is 5.39. The fourth-order valence-electron chi connectivity index (χ4n) is 1.74. The van der Waals surface area contributed by atoms with Crippen LogP contribution in [0.25, 0.3) is 0 Å². The number of benzene rings is 2. The lowest BCUT2D eigenvalue weighted by Gasteiger charge is -2.08. The fraction of sp³-hybridized carbons (Fsp3) is 0.0667. The predicted molar refractivity (Wildman–Crippen MR) is 69.5 cm³/mol. The largest absolute Gasteiger partial charge is 0.362 e. The molecule has 0 aromatic heterocycles. The quantitative estimate of drug-likeness (QED) is 0.806. The number of nitrogens with one attached hydrogen (secondary N) is 1. The topological polar surface area (TPSA) is 12.0 Å². The second kappa shape index (κ2) is 5.17. The second-order valence-corrected chi connectivity index (χ2v) is 3.67. The molecule has 2 rings (SSSR count). The molecule has 0 heterocycles. The maximum Gasteiger partial charge on any atom is 0.0415 e. The molecule has 2 aromatic carbocycles. The molecule has 80 valence electrons. The highest BCUT2D eigenvalue weighted by Crippen LogP contribution is 2.18. The monoisotopic (exact) mass is 209 g/mol. The number of hydrogen-bond acceptors (Lipinski definition) is 1. The van der Waals surface area contributed by atoms with Gasteiger partial charge < -0.3 is 5.32 Å². The van der Waals surface area contributed by atoms with Crippen LogP contribution in [0.5, 0.6) is 0 Å². The van der Waals surface area contributed by atoms with E-state index in [9.17, 15) is 0 Å². The first-order valence-electron chi connectivity index (χ1n) is 5.39. The van der Waals surface area contributed by atoms with Crippen molar-refractivity contribution in [3.8, 4) is 0 Å². The van der Waals surface area contributed by atoms with Gasteiger partial charge >= 0.3 is 0 Å². The minimum Gasteiger partial charge on any atom is -0.362 e. The van der Waals surface area contributed by atoms with Crippen LogP contribution in [0.15, 0.2) is 67.4 Å². The van der Waals surface area contributed by atoms with Crippen LogP contribution in [0, 0.1) is 0 Å². The highest BCUT2D eigenvalue weighted by molar-refractivity contribution is 5.54. The molecule has 0 unspecified atom stereocenters. The molecule has 0 bridgehead atoms. The molecule has 0 saturated heterocycles. The van der Waals surface area contributed by atoms with Gasteiger partial charge in [0.2, 0.25) is 0 Å². The normalized spacial score (nSPS) is 9.75. The third kappa shape index (κ3) is 2.51. The summed E-state index contributed by atoms with van der Waals surface area (Å²) in [6, 6.07) is 18.8. The summed E-state index contributed by atoms with van der Waals surface area (Å²) in [5.41, 5.74) is 3.73. The predicted octanol–water partition coefficient (Wildman–Crippen LogP) is 3.83. The highest BCUT2D eigenvalue weighted by atomic mass is 14.8. The zero-order chi connectivity index (χ0) is 11.2. The number of hydrogen-bond donors (Lipinski definition) is 1. The third-order valence-electron chi connectivity index (χ3n) is 2.51. The molecule has 0 amide bonds. The molecule has 0 radical (unpaired) electrons. The average molecular weight is 209 g/mol. The third-order valence-corrected chi connectivity index (χ3v) is 2.51. The van der Waals surface area contributed by atoms with Crippen LogP contribution in [0.2, 0.25) is 0 Å². The smallest absolute Gasteiger partial charge is 0.0415 e. The van der Waals surface area contributed by atoms with Crippen LogP contribution >= 0.6 is 0 Å². The number of para-hydroxylation sites is 1. The van der Waals surface area contributed by atoms with Crippen LogP contribution in [0.3, 0.4) is 0 Å². The highest BCUT2D eigenvalue weighted by Gasteiger charge is 2.00. The molecular formula is C15H15N. The van der Waals surface area contributed by atoms with E-state index in [1.54, 1.807) is 6.20 Å². The van der Waals surface area contributed by atoms with Crippen molar-refractivity contribution in [2.75, 3.05) is 5.32 Å². The Bertz CT molecular complexity index is 460. The van der Waals surface area contributed by atoms with Gasteiger partial charge in [-0.25, -0.2) is 0 Å². The molecule has 2 aromatic rings. The molecule has 0 fully saturated rings. The van der Waals surface area contributed by atoms with Crippen molar-refractivity contribution >= 4 is 5.69 Å². The van der Waals surface area contributed by atoms with E-state index in [0.29, 0.717) is 0 Å². The van der Waals surface area contributed by atoms with E-state index < -0.39 is 0 Å². The Balaban J connectivity index is 2.24. The molecule has 0 atom stereocenters. The van der Waals surface area contributed by atoms with Gasteiger partial charge in [-0.3, -0.25) is 0 Å². The van der Waals surface area contributed by atoms with Crippen LogP contribution in [0.1, 0.15) is 11.1 Å². The Morgan fingerprint density at radius 3 is 2.38 bits per heavy atom. The lowest BCUT2D eigenvalue weighted by molar-refractivity contribution is 1.19. The van der Waals surface area contributed by atoms with E-state index in [2.05, 4.69) is 54.4 Å². The summed E-state index contributed by atoms with van der Waals surface area (Å²) in [6.07, 6.45) is 2.65. The Kier molecular flexibility index (Phi) is 3.39. The van der Waals surface area contributed by atoms with Crippen molar-refractivity contribution in [1.29, 1.82) is 0 Å². The van der Waals surface area contributed by atoms with Crippen molar-refractivity contribution < 1.29 is 0 Å². The molecule has 1 heteroatoms. The molecule has 1 N–H and O–H groups in total. The van der Waals surface area contributed by atoms with Gasteiger partial charge in [0.1, 0.15) is 0 Å². The zero-order valence-electron chi connectivity index (χ0n) is 9.19. The van der Waals surface area contributed by atoms with Crippen molar-refractivity contribution in [2.24, 2.45) is 0 Å². The van der Waals surface area contributed by atoms with Gasteiger partial charge in [-0.15, -0.1) is 0 Å². The Labute approximate surface area is 96.4 Å². The fourth-order valence-corrected chi connectivity index (χ4v) is 1.74. The van der Waals surface area contributed by atoms with Crippen LogP contribution < -0.4 is 5.32 Å². The van der Waals surface area contributed by atoms with Gasteiger partial charge in [-0.1, -0.05) is 55.1 Å². The van der Waals surface area contributed by atoms with Gasteiger partial charge in [0, 0.05) is 5.69 Å². The maximum atomic E-state index is 3.69. The van der Waals surface area contributed by atoms with Crippen LogP contribution in [-0.2, 0) is 6.42 Å².